The first-order chi connectivity index (χ1) is 16.2. The van der Waals surface area contributed by atoms with Crippen molar-refractivity contribution in [3.8, 4) is 0 Å². The van der Waals surface area contributed by atoms with Crippen molar-refractivity contribution < 1.29 is 33.9 Å². The summed E-state index contributed by atoms with van der Waals surface area (Å²) in [7, 11) is 0. The minimum Gasteiger partial charge on any atom is -0.509 e. The number of esters is 1. The van der Waals surface area contributed by atoms with Crippen molar-refractivity contribution in [2.45, 2.75) is 18.0 Å². The van der Waals surface area contributed by atoms with E-state index in [-0.39, 0.29) is 52.7 Å². The molecular weight excluding hydrogens is 526 g/mol. The zero-order chi connectivity index (χ0) is 24.6. The van der Waals surface area contributed by atoms with Crippen LogP contribution in [0.15, 0.2) is 41.1 Å². The van der Waals surface area contributed by atoms with E-state index in [9.17, 15) is 34.4 Å². The highest BCUT2D eigenvalue weighted by Gasteiger charge is 2.55. The highest BCUT2D eigenvalue weighted by molar-refractivity contribution is 8.00. The molecule has 1 aromatic carbocycles. The number of carbonyl (C=O) groups excluding carboxylic acids is 4. The Balaban J connectivity index is 0.00000342. The number of thiazole rings is 1. The highest BCUT2D eigenvalue weighted by atomic mass is 35.5. The molecule has 13 nitrogen and oxygen atoms in total. The minimum atomic E-state index is -1.09. The molecule has 1 unspecified atom stereocenters. The quantitative estimate of drug-likeness (QED) is 0.113. The van der Waals surface area contributed by atoms with Gasteiger partial charge in [-0.05, 0) is 17.7 Å². The van der Waals surface area contributed by atoms with Gasteiger partial charge in [-0.3, -0.25) is 29.4 Å². The number of ketones is 1. The summed E-state index contributed by atoms with van der Waals surface area (Å²) in [5.74, 6) is -4.09. The summed E-state index contributed by atoms with van der Waals surface area (Å²) in [5, 5.41) is 24.0. The molecule has 0 saturated carbocycles. The number of nitrogens with one attached hydrogen (secondary N) is 1. The first-order valence-corrected chi connectivity index (χ1v) is 11.4. The molecular formula is C19H16ClN5O8S2. The van der Waals surface area contributed by atoms with Gasteiger partial charge in [0, 0.05) is 17.5 Å². The lowest BCUT2D eigenvalue weighted by molar-refractivity contribution is -0.384. The first kappa shape index (κ1) is 25.9. The normalized spacial score (nSPS) is 18.6. The maximum Gasteiger partial charge on any atom is 0.358 e. The SMILES string of the molecule is Cl.Nc1nc(C(=O)C(=O)NC2C(=O)N3C(C(=O)OCc4ccc([N+](=O)[O-])cc4)=C(O)CS[C@@H]23)cs1. The fourth-order valence-electron chi connectivity index (χ4n) is 3.24. The van der Waals surface area contributed by atoms with E-state index >= 15 is 0 Å². The number of anilines is 1. The maximum absolute atomic E-state index is 12.7. The number of aliphatic hydroxyl groups excluding tert-OH is 1. The molecule has 2 atom stereocenters. The molecule has 2 aliphatic rings. The number of non-ortho nitro benzene ring substituents is 1. The second-order valence-corrected chi connectivity index (χ2v) is 9.05. The molecule has 0 aliphatic carbocycles. The molecule has 4 N–H and O–H groups in total. The van der Waals surface area contributed by atoms with E-state index < -0.39 is 39.9 Å². The Labute approximate surface area is 210 Å². The number of β-lactam (4-membered cyclic amide) rings is 1. The van der Waals surface area contributed by atoms with Crippen LogP contribution in [-0.4, -0.2) is 60.6 Å². The number of carbonyl (C=O) groups is 4. The van der Waals surface area contributed by atoms with Gasteiger partial charge in [-0.15, -0.1) is 35.5 Å². The van der Waals surface area contributed by atoms with Crippen LogP contribution in [0.2, 0.25) is 0 Å². The van der Waals surface area contributed by atoms with E-state index in [0.717, 1.165) is 28.0 Å². The van der Waals surface area contributed by atoms with Gasteiger partial charge in [-0.2, -0.15) is 0 Å². The van der Waals surface area contributed by atoms with Crippen molar-refractivity contribution in [3.05, 3.63) is 62.5 Å². The highest BCUT2D eigenvalue weighted by Crippen LogP contribution is 2.40. The zero-order valence-corrected chi connectivity index (χ0v) is 19.9. The summed E-state index contributed by atoms with van der Waals surface area (Å²) < 4.78 is 5.16. The number of rotatable bonds is 7. The fraction of sp³-hybridized carbons (Fsp3) is 0.211. The summed E-state index contributed by atoms with van der Waals surface area (Å²) in [6, 6.07) is 4.23. The lowest BCUT2D eigenvalue weighted by Gasteiger charge is -2.48. The van der Waals surface area contributed by atoms with Gasteiger partial charge in [0.2, 0.25) is 0 Å². The predicted octanol–water partition coefficient (Wildman–Crippen LogP) is 1.15. The number of nitrogens with zero attached hydrogens (tertiary/aromatic N) is 3. The third-order valence-corrected chi connectivity index (χ3v) is 6.84. The number of benzene rings is 1. The number of amides is 2. The van der Waals surface area contributed by atoms with Gasteiger partial charge in [0.05, 0.1) is 10.7 Å². The lowest BCUT2D eigenvalue weighted by atomic mass is 10.0. The number of nitrogen functional groups attached to an aromatic ring is 1. The number of ether oxygens (including phenoxy) is 1. The number of fused-ring (bicyclic) bond motifs is 1. The van der Waals surface area contributed by atoms with Crippen LogP contribution in [0.1, 0.15) is 16.1 Å². The van der Waals surface area contributed by atoms with Crippen molar-refractivity contribution in [1.82, 2.24) is 15.2 Å². The Kier molecular flexibility index (Phi) is 7.62. The summed E-state index contributed by atoms with van der Waals surface area (Å²) in [6.07, 6.45) is 0. The Morgan fingerprint density at radius 3 is 2.60 bits per heavy atom. The van der Waals surface area contributed by atoms with Gasteiger partial charge >= 0.3 is 5.97 Å². The predicted molar refractivity (Wildman–Crippen MR) is 126 cm³/mol. The van der Waals surface area contributed by atoms with Gasteiger partial charge in [-0.1, -0.05) is 0 Å². The van der Waals surface area contributed by atoms with Crippen molar-refractivity contribution in [2.24, 2.45) is 0 Å². The summed E-state index contributed by atoms with van der Waals surface area (Å²) in [6.45, 7) is -0.251. The van der Waals surface area contributed by atoms with Crippen LogP contribution >= 0.6 is 35.5 Å². The van der Waals surface area contributed by atoms with E-state index in [4.69, 9.17) is 10.5 Å². The number of halogens is 1. The van der Waals surface area contributed by atoms with E-state index in [0.29, 0.717) is 5.56 Å². The lowest BCUT2D eigenvalue weighted by Crippen LogP contribution is -2.71. The van der Waals surface area contributed by atoms with Crippen LogP contribution < -0.4 is 11.1 Å². The summed E-state index contributed by atoms with van der Waals surface area (Å²) in [5.41, 5.74) is 5.29. The van der Waals surface area contributed by atoms with Gasteiger partial charge in [-0.25, -0.2) is 9.78 Å². The van der Waals surface area contributed by atoms with Gasteiger partial charge in [0.15, 0.2) is 10.8 Å². The third-order valence-electron chi connectivity index (χ3n) is 4.91. The molecule has 16 heteroatoms. The van der Waals surface area contributed by atoms with Crippen LogP contribution in [0.4, 0.5) is 10.8 Å². The number of Topliss-reactive ketones (excluding diaryl/α,β-unsaturated/α-hetero) is 1. The average Bonchev–Trinajstić information content (AvgIpc) is 3.26. The van der Waals surface area contributed by atoms with Crippen LogP contribution in [0.5, 0.6) is 0 Å². The van der Waals surface area contributed by atoms with E-state index in [1.807, 2.05) is 0 Å². The number of nitro groups is 1. The number of aromatic nitrogens is 1. The fourth-order valence-corrected chi connectivity index (χ4v) is 4.98. The molecule has 0 radical (unpaired) electrons. The number of thioether (sulfide) groups is 1. The molecule has 184 valence electrons. The van der Waals surface area contributed by atoms with Gasteiger partial charge in [0.25, 0.3) is 23.3 Å². The Morgan fingerprint density at radius 1 is 1.31 bits per heavy atom. The number of hydrogen-bond donors (Lipinski definition) is 3. The van der Waals surface area contributed by atoms with E-state index in [1.165, 1.54) is 29.6 Å². The van der Waals surface area contributed by atoms with Crippen LogP contribution in [0.3, 0.4) is 0 Å². The molecule has 1 saturated heterocycles. The first-order valence-electron chi connectivity index (χ1n) is 9.50. The molecule has 35 heavy (non-hydrogen) atoms. The summed E-state index contributed by atoms with van der Waals surface area (Å²) in [4.78, 5) is 64.6. The number of hydrogen-bond acceptors (Lipinski definition) is 12. The molecule has 2 amide bonds. The standard InChI is InChI=1S/C19H15N5O8S2.ClH/c20-19-21-10(6-34-19)14(26)15(27)22-12-16(28)23-13(11(25)7-33-17(12)23)18(29)32-5-8-1-3-9(4-2-8)24(30)31;/h1-4,6,12,17,25H,5,7H2,(H2,20,21)(H,22,27);1H/t12?,17-;/m0./s1. The van der Waals surface area contributed by atoms with Crippen LogP contribution in [-0.2, 0) is 25.7 Å². The largest absolute Gasteiger partial charge is 0.509 e. The van der Waals surface area contributed by atoms with E-state index in [1.54, 1.807) is 0 Å². The molecule has 1 aromatic heterocycles. The Hall–Kier alpha value is -3.69. The Bertz CT molecular complexity index is 1250. The second kappa shape index (κ2) is 10.3. The number of nitro benzene ring substituents is 1. The van der Waals surface area contributed by atoms with Crippen molar-refractivity contribution in [3.63, 3.8) is 0 Å². The topological polar surface area (TPSA) is 195 Å². The molecule has 4 rings (SSSR count). The zero-order valence-electron chi connectivity index (χ0n) is 17.4. The van der Waals surface area contributed by atoms with Crippen molar-refractivity contribution >= 4 is 69.9 Å². The van der Waals surface area contributed by atoms with Crippen molar-refractivity contribution in [2.75, 3.05) is 11.5 Å². The van der Waals surface area contributed by atoms with Crippen LogP contribution in [0, 0.1) is 10.1 Å². The van der Waals surface area contributed by atoms with Gasteiger partial charge < -0.3 is 20.9 Å². The number of aliphatic hydroxyl groups is 1. The molecule has 0 bridgehead atoms. The van der Waals surface area contributed by atoms with Gasteiger partial charge in [0.1, 0.15) is 29.5 Å². The minimum absolute atomic E-state index is 0. The molecule has 3 heterocycles. The van der Waals surface area contributed by atoms with Crippen molar-refractivity contribution in [1.29, 1.82) is 0 Å². The molecule has 2 aliphatic heterocycles. The van der Waals surface area contributed by atoms with Crippen LogP contribution in [0.25, 0.3) is 0 Å². The molecule has 0 spiro atoms. The maximum atomic E-state index is 12.7. The van der Waals surface area contributed by atoms with E-state index in [2.05, 4.69) is 10.3 Å². The Morgan fingerprint density at radius 2 is 2.00 bits per heavy atom. The smallest absolute Gasteiger partial charge is 0.358 e. The second-order valence-electron chi connectivity index (χ2n) is 7.06. The third kappa shape index (κ3) is 5.06. The molecule has 1 fully saturated rings. The summed E-state index contributed by atoms with van der Waals surface area (Å²) >= 11 is 2.08. The number of nitrogens with two attached hydrogens (primary N) is 1. The average molecular weight is 542 g/mol. The monoisotopic (exact) mass is 541 g/mol. The molecule has 2 aromatic rings.